The van der Waals surface area contributed by atoms with Gasteiger partial charge in [0.15, 0.2) is 0 Å². The van der Waals surface area contributed by atoms with Gasteiger partial charge in [-0.25, -0.2) is 9.67 Å². The van der Waals surface area contributed by atoms with E-state index in [1.807, 2.05) is 0 Å². The molecule has 0 aliphatic heterocycles. The van der Waals surface area contributed by atoms with Gasteiger partial charge in [0.1, 0.15) is 12.4 Å². The molecule has 0 amide bonds. The van der Waals surface area contributed by atoms with Gasteiger partial charge in [-0.2, -0.15) is 18.3 Å². The third kappa shape index (κ3) is 4.54. The Morgan fingerprint density at radius 2 is 2.24 bits per heavy atom. The minimum Gasteiger partial charge on any atom is -0.361 e. The van der Waals surface area contributed by atoms with Crippen LogP contribution in [0.25, 0.3) is 5.70 Å². The first kappa shape index (κ1) is 13.0. The van der Waals surface area contributed by atoms with Crippen molar-refractivity contribution in [2.24, 2.45) is 4.99 Å². The fraction of sp³-hybridized carbons (Fsp3) is 0.200. The molecule has 0 aliphatic carbocycles. The summed E-state index contributed by atoms with van der Waals surface area (Å²) in [6, 6.07) is 1.67. The molecule has 1 aromatic rings. The van der Waals surface area contributed by atoms with Gasteiger partial charge in [-0.1, -0.05) is 6.58 Å². The number of allylic oxidation sites excluding steroid dienone is 2. The Labute approximate surface area is 96.2 Å². The molecule has 0 saturated heterocycles. The summed E-state index contributed by atoms with van der Waals surface area (Å²) < 4.78 is 37.3. The molecular weight excluding hydrogens is 233 g/mol. The van der Waals surface area contributed by atoms with Gasteiger partial charge in [-0.3, -0.25) is 0 Å². The van der Waals surface area contributed by atoms with Crippen molar-refractivity contribution in [1.82, 2.24) is 15.1 Å². The van der Waals surface area contributed by atoms with Crippen LogP contribution in [0.15, 0.2) is 41.9 Å². The highest BCUT2D eigenvalue weighted by Crippen LogP contribution is 2.13. The van der Waals surface area contributed by atoms with Crippen LogP contribution in [0.1, 0.15) is 0 Å². The lowest BCUT2D eigenvalue weighted by atomic mass is 10.4. The molecule has 0 saturated carbocycles. The molecule has 0 aromatic carbocycles. The highest BCUT2D eigenvalue weighted by atomic mass is 19.4. The van der Waals surface area contributed by atoms with Crippen molar-refractivity contribution < 1.29 is 13.2 Å². The summed E-state index contributed by atoms with van der Waals surface area (Å²) in [7, 11) is 0. The summed E-state index contributed by atoms with van der Waals surface area (Å²) in [5.74, 6) is -0.0113. The molecule has 1 aromatic heterocycles. The van der Waals surface area contributed by atoms with Crippen molar-refractivity contribution in [3.63, 3.8) is 0 Å². The number of hydrogen-bond donors (Lipinski definition) is 1. The Morgan fingerprint density at radius 1 is 1.53 bits per heavy atom. The van der Waals surface area contributed by atoms with E-state index in [4.69, 9.17) is 0 Å². The number of alkyl halides is 3. The molecule has 0 fully saturated rings. The molecule has 0 aliphatic rings. The number of halogens is 3. The van der Waals surface area contributed by atoms with Crippen molar-refractivity contribution in [2.45, 2.75) is 6.18 Å². The van der Waals surface area contributed by atoms with Gasteiger partial charge in [0.05, 0.1) is 5.70 Å². The van der Waals surface area contributed by atoms with E-state index in [2.05, 4.69) is 28.7 Å². The van der Waals surface area contributed by atoms with Gasteiger partial charge in [0.25, 0.3) is 0 Å². The maximum atomic E-state index is 12.0. The maximum absolute atomic E-state index is 12.0. The highest BCUT2D eigenvalue weighted by Gasteiger charge is 2.26. The zero-order chi connectivity index (χ0) is 12.9. The van der Waals surface area contributed by atoms with Crippen LogP contribution in [0.2, 0.25) is 0 Å². The third-order valence-electron chi connectivity index (χ3n) is 1.74. The van der Waals surface area contributed by atoms with Gasteiger partial charge in [0, 0.05) is 18.5 Å². The molecule has 0 spiro atoms. The lowest BCUT2D eigenvalue weighted by Crippen LogP contribution is -2.27. The van der Waals surface area contributed by atoms with E-state index in [1.165, 1.54) is 17.0 Å². The van der Waals surface area contributed by atoms with Crippen molar-refractivity contribution >= 4 is 12.4 Å². The zero-order valence-electron chi connectivity index (χ0n) is 8.91. The lowest BCUT2D eigenvalue weighted by molar-refractivity contribution is -0.123. The Hall–Kier alpha value is -2.05. The number of nitrogens with one attached hydrogen (secondary N) is 1. The predicted octanol–water partition coefficient (Wildman–Crippen LogP) is 2.05. The largest absolute Gasteiger partial charge is 0.405 e. The van der Waals surface area contributed by atoms with Crippen molar-refractivity contribution in [3.8, 4) is 0 Å². The van der Waals surface area contributed by atoms with E-state index in [0.717, 1.165) is 0 Å². The van der Waals surface area contributed by atoms with Crippen LogP contribution >= 0.6 is 0 Å². The average Bonchev–Trinajstić information content (AvgIpc) is 2.75. The van der Waals surface area contributed by atoms with Gasteiger partial charge in [-0.15, -0.1) is 0 Å². The SMILES string of the molecule is C=N/C(=C\C(=C)n1cccn1)NCC(F)(F)F. The number of aromatic nitrogens is 2. The van der Waals surface area contributed by atoms with Crippen LogP contribution in [0.5, 0.6) is 0 Å². The molecule has 1 heterocycles. The minimum atomic E-state index is -4.31. The van der Waals surface area contributed by atoms with Gasteiger partial charge in [0.2, 0.25) is 0 Å². The second-order valence-corrected chi connectivity index (χ2v) is 3.10. The molecular formula is C10H11F3N4. The van der Waals surface area contributed by atoms with Crippen molar-refractivity contribution in [1.29, 1.82) is 0 Å². The van der Waals surface area contributed by atoms with E-state index in [0.29, 0.717) is 5.70 Å². The van der Waals surface area contributed by atoms with Crippen LogP contribution in [0, 0.1) is 0 Å². The molecule has 4 nitrogen and oxygen atoms in total. The highest BCUT2D eigenvalue weighted by molar-refractivity contribution is 5.54. The summed E-state index contributed by atoms with van der Waals surface area (Å²) in [6.07, 6.45) is 0.162. The lowest BCUT2D eigenvalue weighted by Gasteiger charge is -2.10. The van der Waals surface area contributed by atoms with Crippen molar-refractivity contribution in [3.05, 3.63) is 36.9 Å². The topological polar surface area (TPSA) is 42.2 Å². The first-order chi connectivity index (χ1) is 7.92. The molecule has 0 radical (unpaired) electrons. The van der Waals surface area contributed by atoms with E-state index in [1.54, 1.807) is 12.3 Å². The van der Waals surface area contributed by atoms with E-state index >= 15 is 0 Å². The van der Waals surface area contributed by atoms with Crippen molar-refractivity contribution in [2.75, 3.05) is 6.54 Å². The molecule has 0 unspecified atom stereocenters. The molecule has 1 rings (SSSR count). The predicted molar refractivity (Wildman–Crippen MR) is 59.2 cm³/mol. The molecule has 92 valence electrons. The molecule has 17 heavy (non-hydrogen) atoms. The Balaban J connectivity index is 2.67. The summed E-state index contributed by atoms with van der Waals surface area (Å²) in [6.45, 7) is 5.65. The minimum absolute atomic E-state index is 0.0113. The summed E-state index contributed by atoms with van der Waals surface area (Å²) in [5, 5.41) is 5.98. The monoisotopic (exact) mass is 244 g/mol. The summed E-state index contributed by atoms with van der Waals surface area (Å²) in [5.41, 5.74) is 0.382. The average molecular weight is 244 g/mol. The fourth-order valence-electron chi connectivity index (χ4n) is 1.01. The Bertz CT molecular complexity index is 417. The molecule has 7 heteroatoms. The Morgan fingerprint density at radius 3 is 2.71 bits per heavy atom. The summed E-state index contributed by atoms with van der Waals surface area (Å²) in [4.78, 5) is 3.44. The fourth-order valence-corrected chi connectivity index (χ4v) is 1.01. The molecule has 0 bridgehead atoms. The van der Waals surface area contributed by atoms with Gasteiger partial charge < -0.3 is 5.32 Å². The van der Waals surface area contributed by atoms with E-state index in [9.17, 15) is 13.2 Å². The van der Waals surface area contributed by atoms with E-state index < -0.39 is 12.7 Å². The quantitative estimate of drug-likeness (QED) is 0.636. The van der Waals surface area contributed by atoms with Gasteiger partial charge >= 0.3 is 6.18 Å². The smallest absolute Gasteiger partial charge is 0.361 e. The number of rotatable bonds is 5. The molecule has 1 N–H and O–H groups in total. The van der Waals surface area contributed by atoms with Crippen LogP contribution in [0.3, 0.4) is 0 Å². The van der Waals surface area contributed by atoms with E-state index in [-0.39, 0.29) is 5.82 Å². The van der Waals surface area contributed by atoms with Gasteiger partial charge in [-0.05, 0) is 12.8 Å². The third-order valence-corrected chi connectivity index (χ3v) is 1.74. The number of aliphatic imine (C=N–C) groups is 1. The first-order valence-electron chi connectivity index (χ1n) is 4.60. The molecule has 0 atom stereocenters. The summed E-state index contributed by atoms with van der Waals surface area (Å²) >= 11 is 0. The second-order valence-electron chi connectivity index (χ2n) is 3.10. The number of hydrogen-bond acceptors (Lipinski definition) is 3. The van der Waals surface area contributed by atoms with Crippen LogP contribution in [0.4, 0.5) is 13.2 Å². The van der Waals surface area contributed by atoms with Crippen LogP contribution in [-0.4, -0.2) is 29.2 Å². The standard InChI is InChI=1S/C10H11F3N4/c1-8(17-5-3-4-16-17)6-9(14-2)15-7-10(11,12)13/h3-6,15H,1-2,7H2/b9-6+. The van der Waals surface area contributed by atoms with Crippen LogP contribution in [-0.2, 0) is 0 Å². The zero-order valence-corrected chi connectivity index (χ0v) is 8.91. The first-order valence-corrected chi connectivity index (χ1v) is 4.60. The Kier molecular flexibility index (Phi) is 4.08. The normalized spacial score (nSPS) is 12.3. The second kappa shape index (κ2) is 5.33. The number of nitrogens with zero attached hydrogens (tertiary/aromatic N) is 3. The maximum Gasteiger partial charge on any atom is 0.405 e. The van der Waals surface area contributed by atoms with Crippen LogP contribution < -0.4 is 5.32 Å².